The zero-order chi connectivity index (χ0) is 28.6. The molecule has 0 radical (unpaired) electrons. The molecule has 0 spiro atoms. The summed E-state index contributed by atoms with van der Waals surface area (Å²) >= 11 is 12.2. The van der Waals surface area contributed by atoms with E-state index in [1.165, 1.54) is 5.56 Å². The lowest BCUT2D eigenvalue weighted by molar-refractivity contribution is -0.147. The molecule has 0 saturated carbocycles. The Balaban J connectivity index is 1.52. The number of nitrogens with two attached hydrogens (primary N) is 1. The summed E-state index contributed by atoms with van der Waals surface area (Å²) in [6.07, 6.45) is 3.27. The van der Waals surface area contributed by atoms with Crippen molar-refractivity contribution >= 4 is 41.0 Å². The number of hydrogen-bond donors (Lipinski definition) is 2. The highest BCUT2D eigenvalue weighted by Crippen LogP contribution is 2.30. The standard InChI is InChI=1S/C30H38Cl2N4O4/c1-2-40-28(37)13-12-26(29(38)34-18-21-9-11-24(31)25(32)16-21)35-15-14-23(10-8-20-6-4-3-5-7-20)36-19-22(33)17-27(36)30(35)39/h3-7,9,11,16,22-23,26-27H,2,8,10,12-15,17-19,33H2,1H3,(H,34,38)/t22-,23?,26-,27+/m1/s1. The van der Waals surface area contributed by atoms with Crippen LogP contribution in [0.5, 0.6) is 0 Å². The van der Waals surface area contributed by atoms with Crippen LogP contribution in [0.2, 0.25) is 10.0 Å². The molecule has 0 bridgehead atoms. The molecule has 2 heterocycles. The van der Waals surface area contributed by atoms with Crippen molar-refractivity contribution in [2.45, 2.75) is 76.2 Å². The Morgan fingerprint density at radius 1 is 1.12 bits per heavy atom. The number of nitrogens with one attached hydrogen (secondary N) is 1. The van der Waals surface area contributed by atoms with E-state index in [1.54, 1.807) is 30.0 Å². The van der Waals surface area contributed by atoms with Crippen LogP contribution in [0.25, 0.3) is 0 Å². The van der Waals surface area contributed by atoms with Gasteiger partial charge in [-0.25, -0.2) is 0 Å². The number of aryl methyl sites for hydroxylation is 1. The van der Waals surface area contributed by atoms with Crippen LogP contribution in [0.4, 0.5) is 0 Å². The van der Waals surface area contributed by atoms with Gasteiger partial charge >= 0.3 is 5.97 Å². The highest BCUT2D eigenvalue weighted by molar-refractivity contribution is 6.42. The number of hydrogen-bond acceptors (Lipinski definition) is 6. The van der Waals surface area contributed by atoms with E-state index >= 15 is 0 Å². The number of nitrogens with zero attached hydrogens (tertiary/aromatic N) is 2. The minimum absolute atomic E-state index is 0.0355. The average Bonchev–Trinajstić information content (AvgIpc) is 3.29. The number of benzene rings is 2. The van der Waals surface area contributed by atoms with E-state index in [0.717, 1.165) is 24.8 Å². The van der Waals surface area contributed by atoms with Crippen LogP contribution >= 0.6 is 23.2 Å². The third kappa shape index (κ3) is 7.75. The minimum Gasteiger partial charge on any atom is -0.466 e. The topological polar surface area (TPSA) is 105 Å². The van der Waals surface area contributed by atoms with Crippen LogP contribution in [0, 0.1) is 0 Å². The average molecular weight is 590 g/mol. The summed E-state index contributed by atoms with van der Waals surface area (Å²) < 4.78 is 5.11. The van der Waals surface area contributed by atoms with Gasteiger partial charge in [0.15, 0.2) is 0 Å². The van der Waals surface area contributed by atoms with Crippen molar-refractivity contribution in [2.24, 2.45) is 5.73 Å². The lowest BCUT2D eigenvalue weighted by Gasteiger charge is -2.32. The quantitative estimate of drug-likeness (QED) is 0.385. The summed E-state index contributed by atoms with van der Waals surface area (Å²) in [6, 6.07) is 14.3. The monoisotopic (exact) mass is 588 g/mol. The molecule has 1 unspecified atom stereocenters. The molecule has 3 N–H and O–H groups in total. The molecule has 2 saturated heterocycles. The predicted molar refractivity (Wildman–Crippen MR) is 156 cm³/mol. The highest BCUT2D eigenvalue weighted by atomic mass is 35.5. The Morgan fingerprint density at radius 3 is 2.62 bits per heavy atom. The molecule has 0 aliphatic carbocycles. The van der Waals surface area contributed by atoms with Crippen molar-refractivity contribution in [3.8, 4) is 0 Å². The number of carbonyl (C=O) groups is 3. The van der Waals surface area contributed by atoms with Gasteiger partial charge in [0, 0.05) is 38.1 Å². The van der Waals surface area contributed by atoms with Gasteiger partial charge in [-0.15, -0.1) is 0 Å². The molecule has 4 rings (SSSR count). The molecule has 2 aliphatic rings. The van der Waals surface area contributed by atoms with Gasteiger partial charge in [-0.3, -0.25) is 19.3 Å². The third-order valence-electron chi connectivity index (χ3n) is 7.78. The number of rotatable bonds is 11. The van der Waals surface area contributed by atoms with Crippen LogP contribution in [0.15, 0.2) is 48.5 Å². The second kappa shape index (κ2) is 14.3. The maximum Gasteiger partial charge on any atom is 0.305 e. The van der Waals surface area contributed by atoms with Gasteiger partial charge in [0.25, 0.3) is 0 Å². The largest absolute Gasteiger partial charge is 0.466 e. The zero-order valence-corrected chi connectivity index (χ0v) is 24.4. The summed E-state index contributed by atoms with van der Waals surface area (Å²) in [4.78, 5) is 43.7. The van der Waals surface area contributed by atoms with Crippen molar-refractivity contribution < 1.29 is 19.1 Å². The Bertz CT molecular complexity index is 1180. The molecule has 40 heavy (non-hydrogen) atoms. The summed E-state index contributed by atoms with van der Waals surface area (Å²) in [7, 11) is 0. The van der Waals surface area contributed by atoms with Crippen LogP contribution < -0.4 is 11.1 Å². The smallest absolute Gasteiger partial charge is 0.305 e. The third-order valence-corrected chi connectivity index (χ3v) is 8.52. The fourth-order valence-electron chi connectivity index (χ4n) is 5.77. The molecule has 2 aromatic carbocycles. The minimum atomic E-state index is -0.814. The van der Waals surface area contributed by atoms with Crippen molar-refractivity contribution in [3.63, 3.8) is 0 Å². The van der Waals surface area contributed by atoms with Gasteiger partial charge in [-0.1, -0.05) is 59.6 Å². The second-order valence-electron chi connectivity index (χ2n) is 10.5. The van der Waals surface area contributed by atoms with Gasteiger partial charge in [0.2, 0.25) is 11.8 Å². The lowest BCUT2D eigenvalue weighted by atomic mass is 10.0. The number of carbonyl (C=O) groups excluding carboxylic acids is 3. The first-order valence-corrected chi connectivity index (χ1v) is 14.7. The van der Waals surface area contributed by atoms with Gasteiger partial charge in [0.05, 0.1) is 22.7 Å². The van der Waals surface area contributed by atoms with Gasteiger partial charge in [0.1, 0.15) is 6.04 Å². The van der Waals surface area contributed by atoms with Crippen LogP contribution in [0.3, 0.4) is 0 Å². The van der Waals surface area contributed by atoms with E-state index < -0.39 is 12.0 Å². The molecule has 2 fully saturated rings. The molecule has 0 aromatic heterocycles. The SMILES string of the molecule is CCOC(=O)CC[C@H](C(=O)NCc1ccc(Cl)c(Cl)c1)N1CCC(CCc2ccccc2)N2C[C@H](N)C[C@H]2C1=O. The lowest BCUT2D eigenvalue weighted by Crippen LogP contribution is -2.53. The molecule has 8 nitrogen and oxygen atoms in total. The van der Waals surface area contributed by atoms with Crippen molar-refractivity contribution in [2.75, 3.05) is 19.7 Å². The first kappa shape index (κ1) is 30.3. The molecule has 10 heteroatoms. The van der Waals surface area contributed by atoms with E-state index in [1.807, 2.05) is 18.2 Å². The number of ether oxygens (including phenoxy) is 1. The molecule has 2 aromatic rings. The van der Waals surface area contributed by atoms with E-state index in [0.29, 0.717) is 29.6 Å². The zero-order valence-electron chi connectivity index (χ0n) is 22.9. The van der Waals surface area contributed by atoms with E-state index in [9.17, 15) is 14.4 Å². The van der Waals surface area contributed by atoms with Gasteiger partial charge in [-0.2, -0.15) is 0 Å². The van der Waals surface area contributed by atoms with E-state index in [2.05, 4.69) is 22.3 Å². The van der Waals surface area contributed by atoms with Crippen molar-refractivity contribution in [1.82, 2.24) is 15.1 Å². The summed E-state index contributed by atoms with van der Waals surface area (Å²) in [5.41, 5.74) is 8.39. The number of esters is 1. The Morgan fingerprint density at radius 2 is 1.90 bits per heavy atom. The van der Waals surface area contributed by atoms with Crippen LogP contribution in [0.1, 0.15) is 50.2 Å². The van der Waals surface area contributed by atoms with Gasteiger partial charge in [-0.05, 0) is 62.3 Å². The fraction of sp³-hybridized carbons (Fsp3) is 0.500. The number of halogens is 2. The molecular formula is C30H38Cl2N4O4. The number of fused-ring (bicyclic) bond motifs is 1. The summed E-state index contributed by atoms with van der Waals surface area (Å²) in [6.45, 7) is 3.29. The van der Waals surface area contributed by atoms with E-state index in [-0.39, 0.29) is 55.9 Å². The molecule has 2 aliphatic heterocycles. The van der Waals surface area contributed by atoms with E-state index in [4.69, 9.17) is 33.7 Å². The maximum absolute atomic E-state index is 14.0. The van der Waals surface area contributed by atoms with Crippen molar-refractivity contribution in [3.05, 3.63) is 69.7 Å². The second-order valence-corrected chi connectivity index (χ2v) is 11.3. The highest BCUT2D eigenvalue weighted by Gasteiger charge is 2.45. The first-order valence-electron chi connectivity index (χ1n) is 14.0. The Hall–Kier alpha value is -2.65. The fourth-order valence-corrected chi connectivity index (χ4v) is 6.09. The molecule has 216 valence electrons. The normalized spacial score (nSPS) is 21.9. The van der Waals surface area contributed by atoms with Crippen molar-refractivity contribution in [1.29, 1.82) is 0 Å². The van der Waals surface area contributed by atoms with Crippen LogP contribution in [-0.4, -0.2) is 71.4 Å². The molecule has 2 amide bonds. The van der Waals surface area contributed by atoms with Gasteiger partial charge < -0.3 is 20.7 Å². The first-order chi connectivity index (χ1) is 19.3. The Labute approximate surface area is 246 Å². The summed E-state index contributed by atoms with van der Waals surface area (Å²) in [5.74, 6) is -0.814. The molecule has 4 atom stereocenters. The summed E-state index contributed by atoms with van der Waals surface area (Å²) in [5, 5.41) is 3.77. The predicted octanol–water partition coefficient (Wildman–Crippen LogP) is 3.96. The Kier molecular flexibility index (Phi) is 10.8. The number of amides is 2. The van der Waals surface area contributed by atoms with Crippen LogP contribution in [-0.2, 0) is 32.1 Å². The maximum atomic E-state index is 14.0. The molecular weight excluding hydrogens is 551 g/mol.